The molecular formula is C14H7F2NOS. The zero-order valence-electron chi connectivity index (χ0n) is 9.56. The molecule has 0 bridgehead atoms. The number of nitrogens with zero attached hydrogens (tertiary/aromatic N) is 1. The minimum absolute atomic E-state index is 0.108. The molecule has 3 aromatic rings. The number of ketones is 1. The van der Waals surface area contributed by atoms with Crippen LogP contribution in [0.2, 0.25) is 0 Å². The number of carbonyl (C=O) groups excluding carboxylic acids is 1. The van der Waals surface area contributed by atoms with Gasteiger partial charge >= 0.3 is 0 Å². The third-order valence-electron chi connectivity index (χ3n) is 2.75. The first kappa shape index (κ1) is 11.9. The van der Waals surface area contributed by atoms with Crippen LogP contribution < -0.4 is 0 Å². The molecule has 0 aliphatic carbocycles. The lowest BCUT2D eigenvalue weighted by molar-refractivity contribution is 0.103. The van der Waals surface area contributed by atoms with Gasteiger partial charge in [-0.05, 0) is 35.7 Å². The van der Waals surface area contributed by atoms with Crippen molar-refractivity contribution in [3.05, 3.63) is 64.7 Å². The van der Waals surface area contributed by atoms with E-state index in [1.54, 1.807) is 6.07 Å². The Morgan fingerprint density at radius 3 is 2.68 bits per heavy atom. The average molecular weight is 275 g/mol. The molecule has 94 valence electrons. The van der Waals surface area contributed by atoms with E-state index in [0.29, 0.717) is 5.56 Å². The average Bonchev–Trinajstić information content (AvgIpc) is 2.88. The molecule has 0 fully saturated rings. The summed E-state index contributed by atoms with van der Waals surface area (Å²) in [6, 6.07) is 6.66. The number of carbonyl (C=O) groups is 1. The fraction of sp³-hybridized carbons (Fsp3) is 0. The van der Waals surface area contributed by atoms with E-state index in [1.165, 1.54) is 23.6 Å². The second-order valence-electron chi connectivity index (χ2n) is 3.99. The smallest absolute Gasteiger partial charge is 0.194 e. The summed E-state index contributed by atoms with van der Waals surface area (Å²) >= 11 is 1.47. The highest BCUT2D eigenvalue weighted by molar-refractivity contribution is 7.17. The van der Waals surface area contributed by atoms with Crippen molar-refractivity contribution in [1.82, 2.24) is 4.98 Å². The maximum atomic E-state index is 13.1. The molecule has 0 radical (unpaired) electrons. The van der Waals surface area contributed by atoms with Crippen molar-refractivity contribution in [3.8, 4) is 0 Å². The van der Waals surface area contributed by atoms with Gasteiger partial charge in [-0.1, -0.05) is 0 Å². The van der Waals surface area contributed by atoms with E-state index < -0.39 is 11.6 Å². The molecule has 3 rings (SSSR count). The fourth-order valence-corrected chi connectivity index (χ4v) is 2.55. The van der Waals surface area contributed by atoms with Crippen LogP contribution in [0.1, 0.15) is 15.9 Å². The zero-order chi connectivity index (χ0) is 13.4. The Hall–Kier alpha value is -2.14. The fourth-order valence-electron chi connectivity index (χ4n) is 1.77. The molecule has 2 aromatic heterocycles. The minimum Gasteiger partial charge on any atom is -0.289 e. The number of pyridine rings is 1. The largest absolute Gasteiger partial charge is 0.289 e. The van der Waals surface area contributed by atoms with Crippen LogP contribution in [-0.2, 0) is 0 Å². The van der Waals surface area contributed by atoms with Crippen LogP contribution >= 0.6 is 11.3 Å². The normalized spacial score (nSPS) is 10.8. The molecule has 0 saturated carbocycles. The Kier molecular flexibility index (Phi) is 2.83. The van der Waals surface area contributed by atoms with Crippen LogP contribution in [0.25, 0.3) is 10.2 Å². The van der Waals surface area contributed by atoms with E-state index in [2.05, 4.69) is 4.98 Å². The predicted molar refractivity (Wildman–Crippen MR) is 69.4 cm³/mol. The SMILES string of the molecule is O=C(c1ccc(F)c(F)c1)c1cnc2ccsc2c1. The lowest BCUT2D eigenvalue weighted by Crippen LogP contribution is -2.03. The van der Waals surface area contributed by atoms with Crippen LogP contribution in [0.15, 0.2) is 41.9 Å². The summed E-state index contributed by atoms with van der Waals surface area (Å²) in [6.45, 7) is 0. The second kappa shape index (κ2) is 4.51. The first-order chi connectivity index (χ1) is 9.15. The van der Waals surface area contributed by atoms with Gasteiger partial charge in [0, 0.05) is 17.3 Å². The zero-order valence-corrected chi connectivity index (χ0v) is 10.4. The van der Waals surface area contributed by atoms with Gasteiger partial charge in [-0.3, -0.25) is 9.78 Å². The number of hydrogen-bond donors (Lipinski definition) is 0. The molecule has 2 heterocycles. The summed E-state index contributed by atoms with van der Waals surface area (Å²) in [6.07, 6.45) is 1.44. The summed E-state index contributed by atoms with van der Waals surface area (Å²) in [7, 11) is 0. The van der Waals surface area contributed by atoms with Gasteiger partial charge in [-0.15, -0.1) is 11.3 Å². The van der Waals surface area contributed by atoms with Crippen LogP contribution in [0.3, 0.4) is 0 Å². The monoisotopic (exact) mass is 275 g/mol. The Morgan fingerprint density at radius 2 is 1.89 bits per heavy atom. The third-order valence-corrected chi connectivity index (χ3v) is 3.60. The van der Waals surface area contributed by atoms with Gasteiger partial charge in [0.15, 0.2) is 17.4 Å². The number of aromatic nitrogens is 1. The van der Waals surface area contributed by atoms with Crippen LogP contribution in [-0.4, -0.2) is 10.8 Å². The molecule has 0 atom stereocenters. The van der Waals surface area contributed by atoms with Crippen molar-refractivity contribution < 1.29 is 13.6 Å². The number of halogens is 2. The molecule has 0 N–H and O–H groups in total. The molecule has 0 spiro atoms. The Labute approximate surface area is 111 Å². The van der Waals surface area contributed by atoms with Gasteiger partial charge in [0.2, 0.25) is 0 Å². The topological polar surface area (TPSA) is 30.0 Å². The number of hydrogen-bond acceptors (Lipinski definition) is 3. The molecule has 0 saturated heterocycles. The number of thiophene rings is 1. The van der Waals surface area contributed by atoms with Crippen molar-refractivity contribution in [3.63, 3.8) is 0 Å². The number of benzene rings is 1. The van der Waals surface area contributed by atoms with E-state index in [1.807, 2.05) is 11.4 Å². The molecule has 0 aliphatic heterocycles. The van der Waals surface area contributed by atoms with Crippen molar-refractivity contribution in [2.75, 3.05) is 0 Å². The van der Waals surface area contributed by atoms with Gasteiger partial charge in [0.25, 0.3) is 0 Å². The molecule has 0 amide bonds. The molecule has 2 nitrogen and oxygen atoms in total. The number of fused-ring (bicyclic) bond motifs is 1. The molecule has 19 heavy (non-hydrogen) atoms. The third kappa shape index (κ3) is 2.13. The van der Waals surface area contributed by atoms with E-state index in [-0.39, 0.29) is 11.3 Å². The maximum Gasteiger partial charge on any atom is 0.194 e. The van der Waals surface area contributed by atoms with Crippen molar-refractivity contribution in [1.29, 1.82) is 0 Å². The Bertz CT molecular complexity index is 782. The molecule has 0 aliphatic rings. The van der Waals surface area contributed by atoms with Crippen LogP contribution in [0.4, 0.5) is 8.78 Å². The maximum absolute atomic E-state index is 13.1. The minimum atomic E-state index is -1.03. The quantitative estimate of drug-likeness (QED) is 0.666. The first-order valence-electron chi connectivity index (χ1n) is 5.48. The lowest BCUT2D eigenvalue weighted by Gasteiger charge is -2.02. The second-order valence-corrected chi connectivity index (χ2v) is 4.93. The van der Waals surface area contributed by atoms with Gasteiger partial charge in [-0.25, -0.2) is 8.78 Å². The van der Waals surface area contributed by atoms with E-state index >= 15 is 0 Å². The van der Waals surface area contributed by atoms with Crippen molar-refractivity contribution in [2.24, 2.45) is 0 Å². The molecule has 5 heteroatoms. The van der Waals surface area contributed by atoms with Crippen molar-refractivity contribution >= 4 is 27.3 Å². The highest BCUT2D eigenvalue weighted by Gasteiger charge is 2.13. The van der Waals surface area contributed by atoms with Crippen LogP contribution in [0.5, 0.6) is 0 Å². The van der Waals surface area contributed by atoms with E-state index in [0.717, 1.165) is 22.3 Å². The summed E-state index contributed by atoms with van der Waals surface area (Å²) in [5.41, 5.74) is 1.28. The standard InChI is InChI=1S/C14H7F2NOS/c15-10-2-1-8(5-11(10)16)14(18)9-6-13-12(17-7-9)3-4-19-13/h1-7H. The summed E-state index contributed by atoms with van der Waals surface area (Å²) in [5.74, 6) is -2.37. The highest BCUT2D eigenvalue weighted by atomic mass is 32.1. The lowest BCUT2D eigenvalue weighted by atomic mass is 10.0. The molecular weight excluding hydrogens is 268 g/mol. The van der Waals surface area contributed by atoms with Gasteiger partial charge in [-0.2, -0.15) is 0 Å². The first-order valence-corrected chi connectivity index (χ1v) is 6.36. The summed E-state index contributed by atoms with van der Waals surface area (Å²) in [4.78, 5) is 16.3. The summed E-state index contributed by atoms with van der Waals surface area (Å²) in [5, 5.41) is 1.88. The molecule has 0 unspecified atom stereocenters. The van der Waals surface area contributed by atoms with Crippen molar-refractivity contribution in [2.45, 2.75) is 0 Å². The predicted octanol–water partition coefficient (Wildman–Crippen LogP) is 3.81. The van der Waals surface area contributed by atoms with Gasteiger partial charge in [0.1, 0.15) is 0 Å². The highest BCUT2D eigenvalue weighted by Crippen LogP contribution is 2.21. The Morgan fingerprint density at radius 1 is 1.05 bits per heavy atom. The van der Waals surface area contributed by atoms with E-state index in [4.69, 9.17) is 0 Å². The van der Waals surface area contributed by atoms with E-state index in [9.17, 15) is 13.6 Å². The number of rotatable bonds is 2. The molecule has 1 aromatic carbocycles. The van der Waals surface area contributed by atoms with Gasteiger partial charge < -0.3 is 0 Å². The summed E-state index contributed by atoms with van der Waals surface area (Å²) < 4.78 is 26.8. The van der Waals surface area contributed by atoms with Crippen LogP contribution in [0, 0.1) is 11.6 Å². The Balaban J connectivity index is 2.04. The van der Waals surface area contributed by atoms with Gasteiger partial charge in [0.05, 0.1) is 10.2 Å².